The van der Waals surface area contributed by atoms with Gasteiger partial charge >= 0.3 is 0 Å². The molecule has 5 nitrogen and oxygen atoms in total. The first kappa shape index (κ1) is 19.8. The Balaban J connectivity index is 1.54. The molecule has 2 heterocycles. The molecule has 152 valence electrons. The molecule has 7 heteroatoms. The molecular weight excluding hydrogens is 401 g/mol. The van der Waals surface area contributed by atoms with E-state index in [-0.39, 0.29) is 30.3 Å². The quantitative estimate of drug-likeness (QED) is 0.378. The Morgan fingerprint density at radius 2 is 2.07 bits per heavy atom. The normalized spacial score (nSPS) is 11.0. The number of ketones is 1. The lowest BCUT2D eigenvalue weighted by Gasteiger charge is -2.10. The van der Waals surface area contributed by atoms with Crippen LogP contribution in [0.5, 0.6) is 5.75 Å². The summed E-state index contributed by atoms with van der Waals surface area (Å²) < 4.78 is 15.2. The average Bonchev–Trinajstić information content (AvgIpc) is 3.05. The largest absolute Gasteiger partial charge is 0.508 e. The third-order valence-electron chi connectivity index (χ3n) is 4.96. The van der Waals surface area contributed by atoms with Gasteiger partial charge in [-0.1, -0.05) is 12.1 Å². The molecule has 0 atom stereocenters. The summed E-state index contributed by atoms with van der Waals surface area (Å²) in [4.78, 5) is 17.6. The molecule has 0 saturated heterocycles. The molecule has 0 aliphatic heterocycles. The van der Waals surface area contributed by atoms with E-state index in [0.29, 0.717) is 21.9 Å². The van der Waals surface area contributed by atoms with E-state index >= 15 is 0 Å². The molecule has 2 aromatic carbocycles. The fourth-order valence-electron chi connectivity index (χ4n) is 3.37. The molecule has 0 saturated carbocycles. The van der Waals surface area contributed by atoms with Gasteiger partial charge in [-0.05, 0) is 59.8 Å². The number of phenols is 1. The van der Waals surface area contributed by atoms with Crippen LogP contribution in [0.1, 0.15) is 26.4 Å². The maximum absolute atomic E-state index is 14.3. The van der Waals surface area contributed by atoms with Crippen molar-refractivity contribution in [2.45, 2.75) is 19.9 Å². The van der Waals surface area contributed by atoms with Crippen molar-refractivity contribution in [3.8, 4) is 5.75 Å². The van der Waals surface area contributed by atoms with Crippen LogP contribution < -0.4 is 11.1 Å². The van der Waals surface area contributed by atoms with Crippen molar-refractivity contribution in [3.63, 3.8) is 0 Å². The van der Waals surface area contributed by atoms with Gasteiger partial charge in [-0.3, -0.25) is 4.79 Å². The lowest BCUT2D eigenvalue weighted by atomic mass is 10.0. The highest BCUT2D eigenvalue weighted by Crippen LogP contribution is 2.34. The molecule has 0 radical (unpaired) electrons. The van der Waals surface area contributed by atoms with E-state index in [2.05, 4.69) is 10.3 Å². The van der Waals surface area contributed by atoms with E-state index in [0.717, 1.165) is 21.2 Å². The van der Waals surface area contributed by atoms with Gasteiger partial charge in [0.15, 0.2) is 5.78 Å². The van der Waals surface area contributed by atoms with Gasteiger partial charge in [0.1, 0.15) is 17.4 Å². The van der Waals surface area contributed by atoms with E-state index in [9.17, 15) is 14.3 Å². The van der Waals surface area contributed by atoms with Crippen molar-refractivity contribution in [2.24, 2.45) is 0 Å². The molecule has 0 unspecified atom stereocenters. The van der Waals surface area contributed by atoms with Crippen LogP contribution in [0.2, 0.25) is 0 Å². The van der Waals surface area contributed by atoms with Gasteiger partial charge in [0, 0.05) is 29.4 Å². The minimum atomic E-state index is -0.352. The number of hydrogen-bond donors (Lipinski definition) is 3. The number of pyridine rings is 1. The number of Topliss-reactive ketones (excluding diaryl/α,β-unsaturated/α-hetero) is 1. The Kier molecular flexibility index (Phi) is 5.37. The first-order chi connectivity index (χ1) is 14.4. The smallest absolute Gasteiger partial charge is 0.177 e. The van der Waals surface area contributed by atoms with Gasteiger partial charge in [-0.15, -0.1) is 11.3 Å². The number of halogens is 1. The number of benzene rings is 2. The first-order valence-corrected chi connectivity index (χ1v) is 10.2. The highest BCUT2D eigenvalue weighted by Gasteiger charge is 2.17. The van der Waals surface area contributed by atoms with Crippen LogP contribution in [0.3, 0.4) is 0 Å². The number of carbonyl (C=O) groups excluding carboxylic acids is 1. The van der Waals surface area contributed by atoms with Gasteiger partial charge in [0.2, 0.25) is 0 Å². The van der Waals surface area contributed by atoms with Crippen molar-refractivity contribution in [1.29, 1.82) is 0 Å². The number of nitrogens with one attached hydrogen (secondary N) is 1. The summed E-state index contributed by atoms with van der Waals surface area (Å²) in [7, 11) is 0. The van der Waals surface area contributed by atoms with Gasteiger partial charge in [0.05, 0.1) is 10.6 Å². The van der Waals surface area contributed by atoms with Crippen molar-refractivity contribution >= 4 is 38.7 Å². The number of aryl methyl sites for hydroxylation is 1. The molecule has 0 fully saturated rings. The molecule has 4 N–H and O–H groups in total. The molecular formula is C23H20FN3O2S. The maximum Gasteiger partial charge on any atom is 0.177 e. The predicted molar refractivity (Wildman–Crippen MR) is 119 cm³/mol. The van der Waals surface area contributed by atoms with E-state index < -0.39 is 0 Å². The average molecular weight is 421 g/mol. The molecule has 30 heavy (non-hydrogen) atoms. The Bertz CT molecular complexity index is 1250. The lowest BCUT2D eigenvalue weighted by molar-refractivity contribution is 0.0996. The van der Waals surface area contributed by atoms with Crippen LogP contribution >= 0.6 is 11.3 Å². The predicted octanol–water partition coefficient (Wildman–Crippen LogP) is 5.07. The Labute approximate surface area is 177 Å². The second-order valence-electron chi connectivity index (χ2n) is 7.05. The van der Waals surface area contributed by atoms with Crippen LogP contribution in [-0.2, 0) is 13.0 Å². The highest BCUT2D eigenvalue weighted by molar-refractivity contribution is 7.21. The monoisotopic (exact) mass is 421 g/mol. The van der Waals surface area contributed by atoms with E-state index in [1.165, 1.54) is 17.4 Å². The number of fused-ring (bicyclic) bond motifs is 1. The van der Waals surface area contributed by atoms with E-state index in [1.807, 2.05) is 13.0 Å². The molecule has 0 aliphatic rings. The number of nitrogen functional groups attached to an aromatic ring is 1. The summed E-state index contributed by atoms with van der Waals surface area (Å²) in [6.45, 7) is 2.11. The molecule has 0 spiro atoms. The fraction of sp³-hybridized carbons (Fsp3) is 0.130. The minimum Gasteiger partial charge on any atom is -0.508 e. The van der Waals surface area contributed by atoms with Crippen molar-refractivity contribution in [2.75, 3.05) is 11.1 Å². The Hall–Kier alpha value is -3.45. The second kappa shape index (κ2) is 8.12. The number of aromatic hydroxyl groups is 1. The van der Waals surface area contributed by atoms with Crippen LogP contribution in [0.15, 0.2) is 54.7 Å². The van der Waals surface area contributed by atoms with E-state index in [4.69, 9.17) is 5.73 Å². The standard InChI is InChI=1S/C23H20FN3O2S/c1-13-17-11-16(28)5-7-21(17)30-22(13)20(29)10-14-4-6-18(24)15(9-14)12-27-19-3-2-8-26-23(19)25/h2-9,11,27-28H,10,12H2,1H3,(H2,25,26). The third kappa shape index (κ3) is 3.97. The maximum atomic E-state index is 14.3. The molecule has 2 aromatic heterocycles. The minimum absolute atomic E-state index is 0.0322. The number of nitrogens with two attached hydrogens (primary N) is 1. The summed E-state index contributed by atoms with van der Waals surface area (Å²) in [6.07, 6.45) is 1.76. The summed E-state index contributed by atoms with van der Waals surface area (Å²) in [5.41, 5.74) is 8.47. The summed E-state index contributed by atoms with van der Waals surface area (Å²) >= 11 is 1.41. The molecule has 4 aromatic rings. The number of hydrogen-bond acceptors (Lipinski definition) is 6. The number of aromatic nitrogens is 1. The number of thiophene rings is 1. The number of carbonyl (C=O) groups is 1. The Morgan fingerprint density at radius 3 is 2.87 bits per heavy atom. The highest BCUT2D eigenvalue weighted by atomic mass is 32.1. The van der Waals surface area contributed by atoms with Gasteiger partial charge in [-0.2, -0.15) is 0 Å². The number of nitrogens with zero attached hydrogens (tertiary/aromatic N) is 1. The lowest BCUT2D eigenvalue weighted by Crippen LogP contribution is -2.07. The summed E-state index contributed by atoms with van der Waals surface area (Å²) in [5.74, 6) is 0.132. The van der Waals surface area contributed by atoms with Crippen LogP contribution in [-0.4, -0.2) is 15.9 Å². The zero-order valence-electron chi connectivity index (χ0n) is 16.3. The fourth-order valence-corrected chi connectivity index (χ4v) is 4.50. The van der Waals surface area contributed by atoms with Gasteiger partial charge in [0.25, 0.3) is 0 Å². The van der Waals surface area contributed by atoms with Crippen molar-refractivity contribution < 1.29 is 14.3 Å². The topological polar surface area (TPSA) is 88.2 Å². The Morgan fingerprint density at radius 1 is 1.23 bits per heavy atom. The zero-order valence-corrected chi connectivity index (χ0v) is 17.1. The summed E-state index contributed by atoms with van der Waals surface area (Å²) in [5, 5.41) is 13.7. The number of rotatable bonds is 6. The van der Waals surface area contributed by atoms with Gasteiger partial charge < -0.3 is 16.2 Å². The molecule has 4 rings (SSSR count). The van der Waals surface area contributed by atoms with Crippen LogP contribution in [0.4, 0.5) is 15.9 Å². The van der Waals surface area contributed by atoms with Crippen molar-refractivity contribution in [1.82, 2.24) is 4.98 Å². The van der Waals surface area contributed by atoms with Crippen LogP contribution in [0.25, 0.3) is 10.1 Å². The first-order valence-electron chi connectivity index (χ1n) is 9.39. The van der Waals surface area contributed by atoms with Crippen molar-refractivity contribution in [3.05, 3.63) is 82.1 Å². The SMILES string of the molecule is Cc1c(C(=O)Cc2ccc(F)c(CNc3cccnc3N)c2)sc2ccc(O)cc12. The second-order valence-corrected chi connectivity index (χ2v) is 8.10. The molecule has 0 amide bonds. The molecule has 0 bridgehead atoms. The number of anilines is 2. The number of phenolic OH excluding ortho intramolecular Hbond substituents is 1. The third-order valence-corrected chi connectivity index (χ3v) is 6.27. The van der Waals surface area contributed by atoms with E-state index in [1.54, 1.807) is 42.6 Å². The zero-order chi connectivity index (χ0) is 21.3. The van der Waals surface area contributed by atoms with Gasteiger partial charge in [-0.25, -0.2) is 9.37 Å². The summed E-state index contributed by atoms with van der Waals surface area (Å²) in [6, 6.07) is 13.3. The molecule has 0 aliphatic carbocycles. The van der Waals surface area contributed by atoms with Crippen LogP contribution in [0, 0.1) is 12.7 Å².